The first-order valence-electron chi connectivity index (χ1n) is 6.05. The SMILES string of the molecule is CC1CC(C#N)(NC2CCCC2)CCO1. The third-order valence-electron chi connectivity index (χ3n) is 3.62. The van der Waals surface area contributed by atoms with Gasteiger partial charge in [0, 0.05) is 25.5 Å². The minimum absolute atomic E-state index is 0.215. The molecule has 3 heteroatoms. The van der Waals surface area contributed by atoms with E-state index in [9.17, 15) is 5.26 Å². The second-order valence-electron chi connectivity index (χ2n) is 4.96. The Morgan fingerprint density at radius 1 is 1.40 bits per heavy atom. The van der Waals surface area contributed by atoms with Gasteiger partial charge in [-0.15, -0.1) is 0 Å². The summed E-state index contributed by atoms with van der Waals surface area (Å²) in [7, 11) is 0. The van der Waals surface area contributed by atoms with Crippen molar-refractivity contribution in [3.63, 3.8) is 0 Å². The summed E-state index contributed by atoms with van der Waals surface area (Å²) in [4.78, 5) is 0. The molecule has 0 spiro atoms. The normalized spacial score (nSPS) is 37.7. The van der Waals surface area contributed by atoms with Gasteiger partial charge in [0.1, 0.15) is 5.54 Å². The van der Waals surface area contributed by atoms with Crippen molar-refractivity contribution >= 4 is 0 Å². The molecule has 2 atom stereocenters. The summed E-state index contributed by atoms with van der Waals surface area (Å²) in [6.07, 6.45) is 6.98. The predicted molar refractivity (Wildman–Crippen MR) is 58.4 cm³/mol. The van der Waals surface area contributed by atoms with Gasteiger partial charge in [-0.25, -0.2) is 0 Å². The fourth-order valence-corrected chi connectivity index (χ4v) is 2.81. The fraction of sp³-hybridized carbons (Fsp3) is 0.917. The Morgan fingerprint density at radius 3 is 2.73 bits per heavy atom. The Morgan fingerprint density at radius 2 is 2.13 bits per heavy atom. The molecule has 84 valence electrons. The Labute approximate surface area is 91.8 Å². The molecule has 0 amide bonds. The third-order valence-corrected chi connectivity index (χ3v) is 3.62. The van der Waals surface area contributed by atoms with E-state index in [1.807, 2.05) is 0 Å². The highest BCUT2D eigenvalue weighted by molar-refractivity contribution is 5.10. The predicted octanol–water partition coefficient (Wildman–Crippen LogP) is 1.98. The Kier molecular flexibility index (Phi) is 3.28. The van der Waals surface area contributed by atoms with Gasteiger partial charge < -0.3 is 4.74 Å². The minimum atomic E-state index is -0.313. The van der Waals surface area contributed by atoms with Gasteiger partial charge >= 0.3 is 0 Å². The van der Waals surface area contributed by atoms with Crippen LogP contribution >= 0.6 is 0 Å². The van der Waals surface area contributed by atoms with E-state index in [2.05, 4.69) is 18.3 Å². The smallest absolute Gasteiger partial charge is 0.111 e. The second kappa shape index (κ2) is 4.51. The van der Waals surface area contributed by atoms with E-state index in [1.54, 1.807) is 0 Å². The van der Waals surface area contributed by atoms with E-state index in [-0.39, 0.29) is 11.6 Å². The summed E-state index contributed by atoms with van der Waals surface area (Å²) in [5.41, 5.74) is -0.313. The first kappa shape index (κ1) is 10.9. The van der Waals surface area contributed by atoms with E-state index in [0.717, 1.165) is 12.8 Å². The number of ether oxygens (including phenoxy) is 1. The van der Waals surface area contributed by atoms with Gasteiger partial charge in [0.15, 0.2) is 0 Å². The van der Waals surface area contributed by atoms with E-state index >= 15 is 0 Å². The lowest BCUT2D eigenvalue weighted by Crippen LogP contribution is -2.53. The van der Waals surface area contributed by atoms with Crippen LogP contribution in [0.2, 0.25) is 0 Å². The number of hydrogen-bond acceptors (Lipinski definition) is 3. The molecule has 15 heavy (non-hydrogen) atoms. The van der Waals surface area contributed by atoms with E-state index in [1.165, 1.54) is 25.7 Å². The van der Waals surface area contributed by atoms with E-state index in [4.69, 9.17) is 4.74 Å². The molecule has 0 aromatic carbocycles. The van der Waals surface area contributed by atoms with Crippen LogP contribution < -0.4 is 5.32 Å². The summed E-state index contributed by atoms with van der Waals surface area (Å²) in [6.45, 7) is 2.77. The molecule has 0 aromatic rings. The molecule has 2 unspecified atom stereocenters. The van der Waals surface area contributed by atoms with Crippen LogP contribution in [0, 0.1) is 11.3 Å². The standard InChI is InChI=1S/C12H20N2O/c1-10-8-12(9-13,6-7-15-10)14-11-4-2-3-5-11/h10-11,14H,2-8H2,1H3. The first-order valence-corrected chi connectivity index (χ1v) is 6.05. The number of rotatable bonds is 2. The molecule has 1 N–H and O–H groups in total. The maximum absolute atomic E-state index is 9.35. The van der Waals surface area contributed by atoms with E-state index in [0.29, 0.717) is 12.6 Å². The van der Waals surface area contributed by atoms with Crippen LogP contribution in [0.25, 0.3) is 0 Å². The fourth-order valence-electron chi connectivity index (χ4n) is 2.81. The third kappa shape index (κ3) is 2.50. The highest BCUT2D eigenvalue weighted by Crippen LogP contribution is 2.28. The molecule has 0 radical (unpaired) electrons. The van der Waals surface area contributed by atoms with Gasteiger partial charge in [-0.2, -0.15) is 5.26 Å². The summed E-state index contributed by atoms with van der Waals surface area (Å²) < 4.78 is 5.51. The van der Waals surface area contributed by atoms with Crippen LogP contribution in [0.15, 0.2) is 0 Å². The van der Waals surface area contributed by atoms with Crippen molar-refractivity contribution in [2.24, 2.45) is 0 Å². The van der Waals surface area contributed by atoms with Crippen LogP contribution in [0.3, 0.4) is 0 Å². The maximum Gasteiger partial charge on any atom is 0.111 e. The topological polar surface area (TPSA) is 45.0 Å². The first-order chi connectivity index (χ1) is 7.24. The molecule has 0 aromatic heterocycles. The number of nitriles is 1. The largest absolute Gasteiger partial charge is 0.378 e. The Balaban J connectivity index is 1.97. The summed E-state index contributed by atoms with van der Waals surface area (Å²) >= 11 is 0. The van der Waals surface area contributed by atoms with Crippen molar-refractivity contribution in [2.75, 3.05) is 6.61 Å². The summed E-state index contributed by atoms with van der Waals surface area (Å²) in [5.74, 6) is 0. The van der Waals surface area contributed by atoms with Crippen LogP contribution in [0.5, 0.6) is 0 Å². The lowest BCUT2D eigenvalue weighted by atomic mass is 9.87. The average molecular weight is 208 g/mol. The lowest BCUT2D eigenvalue weighted by molar-refractivity contribution is -0.00582. The zero-order valence-corrected chi connectivity index (χ0v) is 9.46. The van der Waals surface area contributed by atoms with Gasteiger partial charge in [0.2, 0.25) is 0 Å². The van der Waals surface area contributed by atoms with E-state index < -0.39 is 0 Å². The van der Waals surface area contributed by atoms with Gasteiger partial charge in [-0.1, -0.05) is 12.8 Å². The highest BCUT2D eigenvalue weighted by atomic mass is 16.5. The van der Waals surface area contributed by atoms with Crippen molar-refractivity contribution < 1.29 is 4.74 Å². The molecular weight excluding hydrogens is 188 g/mol. The zero-order chi connectivity index (χ0) is 10.7. The average Bonchev–Trinajstić information content (AvgIpc) is 2.70. The second-order valence-corrected chi connectivity index (χ2v) is 4.96. The van der Waals surface area contributed by atoms with Crippen LogP contribution in [-0.2, 0) is 4.74 Å². The molecule has 1 saturated carbocycles. The van der Waals surface area contributed by atoms with Crippen molar-refractivity contribution in [2.45, 2.75) is 63.1 Å². The molecule has 1 saturated heterocycles. The molecule has 1 heterocycles. The van der Waals surface area contributed by atoms with Crippen molar-refractivity contribution in [1.29, 1.82) is 5.26 Å². The quantitative estimate of drug-likeness (QED) is 0.754. The number of nitrogens with zero attached hydrogens (tertiary/aromatic N) is 1. The molecule has 2 rings (SSSR count). The molecule has 0 bridgehead atoms. The van der Waals surface area contributed by atoms with Crippen LogP contribution in [-0.4, -0.2) is 24.3 Å². The van der Waals surface area contributed by atoms with Crippen molar-refractivity contribution in [3.8, 4) is 6.07 Å². The molecule has 3 nitrogen and oxygen atoms in total. The maximum atomic E-state index is 9.35. The molecule has 1 aliphatic heterocycles. The van der Waals surface area contributed by atoms with Gasteiger partial charge in [0.25, 0.3) is 0 Å². The lowest BCUT2D eigenvalue weighted by Gasteiger charge is -2.37. The van der Waals surface area contributed by atoms with Gasteiger partial charge in [0.05, 0.1) is 12.2 Å². The minimum Gasteiger partial charge on any atom is -0.378 e. The number of hydrogen-bond donors (Lipinski definition) is 1. The number of nitrogens with one attached hydrogen (secondary N) is 1. The Bertz CT molecular complexity index is 255. The van der Waals surface area contributed by atoms with Crippen LogP contribution in [0.4, 0.5) is 0 Å². The molecular formula is C12H20N2O. The summed E-state index contributed by atoms with van der Waals surface area (Å²) in [5, 5.41) is 12.9. The molecule has 2 fully saturated rings. The molecule has 2 aliphatic rings. The molecule has 1 aliphatic carbocycles. The summed E-state index contributed by atoms with van der Waals surface area (Å²) in [6, 6.07) is 3.05. The van der Waals surface area contributed by atoms with Crippen molar-refractivity contribution in [1.82, 2.24) is 5.32 Å². The van der Waals surface area contributed by atoms with Gasteiger partial charge in [-0.05, 0) is 19.8 Å². The Hall–Kier alpha value is -0.590. The van der Waals surface area contributed by atoms with Gasteiger partial charge in [-0.3, -0.25) is 5.32 Å². The monoisotopic (exact) mass is 208 g/mol. The van der Waals surface area contributed by atoms with Crippen molar-refractivity contribution in [3.05, 3.63) is 0 Å². The zero-order valence-electron chi connectivity index (χ0n) is 9.46. The van der Waals surface area contributed by atoms with Crippen LogP contribution in [0.1, 0.15) is 45.4 Å². The highest BCUT2D eigenvalue weighted by Gasteiger charge is 2.37.